The Hall–Kier alpha value is -1.51. The molecule has 1 atom stereocenters. The normalized spacial score (nSPS) is 17.1. The van der Waals surface area contributed by atoms with Crippen LogP contribution in [-0.4, -0.2) is 66.6 Å². The first-order valence-corrected chi connectivity index (χ1v) is 10.6. The fraction of sp³-hybridized carbons (Fsp3) is 0.600. The summed E-state index contributed by atoms with van der Waals surface area (Å²) in [5.74, 6) is 1.91. The molecule has 1 aromatic carbocycles. The summed E-state index contributed by atoms with van der Waals surface area (Å²) < 4.78 is 22.5. The van der Waals surface area contributed by atoms with Crippen molar-refractivity contribution in [2.24, 2.45) is 5.92 Å². The lowest BCUT2D eigenvalue weighted by Gasteiger charge is -2.20. The quantitative estimate of drug-likeness (QED) is 0.542. The van der Waals surface area contributed by atoms with Gasteiger partial charge in [0.2, 0.25) is 5.95 Å². The summed E-state index contributed by atoms with van der Waals surface area (Å²) in [6.07, 6.45) is 2.34. The van der Waals surface area contributed by atoms with E-state index in [1.165, 1.54) is 25.0 Å². The third-order valence-corrected chi connectivity index (χ3v) is 5.88. The van der Waals surface area contributed by atoms with Crippen LogP contribution in [0.3, 0.4) is 0 Å². The summed E-state index contributed by atoms with van der Waals surface area (Å²) in [5.41, 5.74) is 0.707. The van der Waals surface area contributed by atoms with Crippen molar-refractivity contribution in [1.82, 2.24) is 19.7 Å². The maximum Gasteiger partial charge on any atom is 0.227 e. The van der Waals surface area contributed by atoms with E-state index in [0.29, 0.717) is 37.1 Å². The van der Waals surface area contributed by atoms with Crippen LogP contribution in [0.5, 0.6) is 0 Å². The van der Waals surface area contributed by atoms with E-state index in [1.807, 2.05) is 14.1 Å². The van der Waals surface area contributed by atoms with Crippen LogP contribution in [0.2, 0.25) is 0 Å². The van der Waals surface area contributed by atoms with Crippen molar-refractivity contribution < 1.29 is 9.13 Å². The minimum Gasteiger partial charge on any atom is -0.378 e. The van der Waals surface area contributed by atoms with Gasteiger partial charge in [0.05, 0.1) is 19.8 Å². The first-order valence-electron chi connectivity index (χ1n) is 9.85. The van der Waals surface area contributed by atoms with Crippen molar-refractivity contribution in [3.05, 3.63) is 28.5 Å². The zero-order valence-corrected chi connectivity index (χ0v) is 18.5. The van der Waals surface area contributed by atoms with Crippen molar-refractivity contribution in [2.75, 3.05) is 51.8 Å². The maximum absolute atomic E-state index is 13.9. The molecule has 1 unspecified atom stereocenters. The molecule has 1 aliphatic heterocycles. The van der Waals surface area contributed by atoms with E-state index in [-0.39, 0.29) is 5.82 Å². The van der Waals surface area contributed by atoms with Gasteiger partial charge in [-0.1, -0.05) is 29.3 Å². The van der Waals surface area contributed by atoms with Crippen molar-refractivity contribution in [3.8, 4) is 11.4 Å². The molecular formula is C20H29BrFN5O. The number of benzene rings is 1. The Morgan fingerprint density at radius 2 is 2.11 bits per heavy atom. The third kappa shape index (κ3) is 5.10. The van der Waals surface area contributed by atoms with E-state index in [0.717, 1.165) is 30.1 Å². The highest BCUT2D eigenvalue weighted by molar-refractivity contribution is 9.10. The average molecular weight is 454 g/mol. The minimum absolute atomic E-state index is 0.288. The van der Waals surface area contributed by atoms with E-state index >= 15 is 0 Å². The predicted molar refractivity (Wildman–Crippen MR) is 113 cm³/mol. The van der Waals surface area contributed by atoms with Crippen molar-refractivity contribution in [1.29, 1.82) is 0 Å². The molecular weight excluding hydrogens is 425 g/mol. The van der Waals surface area contributed by atoms with Crippen molar-refractivity contribution in [3.63, 3.8) is 0 Å². The standard InChI is InChI=1S/C20H29BrFN5O/c1-4-15-7-8-26(14-15)20-24-23-19(17-13-16(22)5-6-18(17)21)27(20)10-12-28-11-9-25(2)3/h5-6,13,15H,4,7-12,14H2,1-3H3. The molecule has 3 rings (SSSR count). The summed E-state index contributed by atoms with van der Waals surface area (Å²) in [6.45, 7) is 6.92. The smallest absolute Gasteiger partial charge is 0.227 e. The number of nitrogens with zero attached hydrogens (tertiary/aromatic N) is 5. The molecule has 0 aliphatic carbocycles. The lowest BCUT2D eigenvalue weighted by atomic mass is 10.1. The van der Waals surface area contributed by atoms with Crippen molar-refractivity contribution >= 4 is 21.9 Å². The summed E-state index contributed by atoms with van der Waals surface area (Å²) in [6, 6.07) is 4.64. The lowest BCUT2D eigenvalue weighted by Crippen LogP contribution is -2.25. The molecule has 0 spiro atoms. The second kappa shape index (κ2) is 9.80. The number of anilines is 1. The van der Waals surface area contributed by atoms with Crippen LogP contribution in [0.1, 0.15) is 19.8 Å². The maximum atomic E-state index is 13.9. The molecule has 6 nitrogen and oxygen atoms in total. The summed E-state index contributed by atoms with van der Waals surface area (Å²) >= 11 is 3.53. The van der Waals surface area contributed by atoms with Crippen LogP contribution in [0.15, 0.2) is 22.7 Å². The molecule has 0 radical (unpaired) electrons. The van der Waals surface area contributed by atoms with Gasteiger partial charge in [-0.3, -0.25) is 4.57 Å². The SMILES string of the molecule is CCC1CCN(c2nnc(-c3cc(F)ccc3Br)n2CCOCCN(C)C)C1. The highest BCUT2D eigenvalue weighted by Crippen LogP contribution is 2.32. The predicted octanol–water partition coefficient (Wildman–Crippen LogP) is 3.66. The highest BCUT2D eigenvalue weighted by atomic mass is 79.9. The van der Waals surface area contributed by atoms with Gasteiger partial charge in [0, 0.05) is 29.7 Å². The Kier molecular flexibility index (Phi) is 7.42. The molecule has 0 N–H and O–H groups in total. The fourth-order valence-electron chi connectivity index (χ4n) is 3.46. The minimum atomic E-state index is -0.288. The number of hydrogen-bond acceptors (Lipinski definition) is 5. The van der Waals surface area contributed by atoms with Crippen LogP contribution in [0, 0.1) is 11.7 Å². The molecule has 2 aromatic rings. The van der Waals surface area contributed by atoms with Crippen LogP contribution in [-0.2, 0) is 11.3 Å². The van der Waals surface area contributed by atoms with Gasteiger partial charge in [-0.2, -0.15) is 0 Å². The Morgan fingerprint density at radius 3 is 2.82 bits per heavy atom. The Balaban J connectivity index is 1.84. The third-order valence-electron chi connectivity index (χ3n) is 5.19. The first-order chi connectivity index (χ1) is 13.5. The molecule has 1 saturated heterocycles. The van der Waals surface area contributed by atoms with Gasteiger partial charge < -0.3 is 14.5 Å². The van der Waals surface area contributed by atoms with Gasteiger partial charge in [0.1, 0.15) is 5.82 Å². The van der Waals surface area contributed by atoms with Crippen LogP contribution in [0.25, 0.3) is 11.4 Å². The second-order valence-electron chi connectivity index (χ2n) is 7.52. The van der Waals surface area contributed by atoms with E-state index < -0.39 is 0 Å². The van der Waals surface area contributed by atoms with Gasteiger partial charge in [-0.15, -0.1) is 10.2 Å². The first kappa shape index (κ1) is 21.2. The zero-order chi connectivity index (χ0) is 20.1. The molecule has 8 heteroatoms. The molecule has 1 fully saturated rings. The molecule has 28 heavy (non-hydrogen) atoms. The largest absolute Gasteiger partial charge is 0.378 e. The number of ether oxygens (including phenoxy) is 1. The van der Waals surface area contributed by atoms with E-state index in [2.05, 4.69) is 47.4 Å². The van der Waals surface area contributed by atoms with Crippen LogP contribution >= 0.6 is 15.9 Å². The average Bonchev–Trinajstić information content (AvgIpc) is 3.29. The monoisotopic (exact) mass is 453 g/mol. The molecule has 0 saturated carbocycles. The zero-order valence-electron chi connectivity index (χ0n) is 16.9. The van der Waals surface area contributed by atoms with Gasteiger partial charge >= 0.3 is 0 Å². The summed E-state index contributed by atoms with van der Waals surface area (Å²) in [4.78, 5) is 4.38. The van der Waals surface area contributed by atoms with E-state index in [1.54, 1.807) is 6.07 Å². The number of aromatic nitrogens is 3. The van der Waals surface area contributed by atoms with Crippen LogP contribution in [0.4, 0.5) is 10.3 Å². The summed E-state index contributed by atoms with van der Waals surface area (Å²) in [7, 11) is 4.05. The topological polar surface area (TPSA) is 46.4 Å². The second-order valence-corrected chi connectivity index (χ2v) is 8.38. The molecule has 154 valence electrons. The van der Waals surface area contributed by atoms with Gasteiger partial charge in [0.25, 0.3) is 0 Å². The number of likely N-dealkylation sites (N-methyl/N-ethyl adjacent to an activating group) is 1. The molecule has 1 aromatic heterocycles. The highest BCUT2D eigenvalue weighted by Gasteiger charge is 2.27. The van der Waals surface area contributed by atoms with Crippen LogP contribution < -0.4 is 4.90 Å². The number of halogens is 2. The number of rotatable bonds is 9. The van der Waals surface area contributed by atoms with Gasteiger partial charge in [-0.25, -0.2) is 4.39 Å². The lowest BCUT2D eigenvalue weighted by molar-refractivity contribution is 0.111. The van der Waals surface area contributed by atoms with E-state index in [9.17, 15) is 4.39 Å². The molecule has 0 bridgehead atoms. The number of hydrogen-bond donors (Lipinski definition) is 0. The fourth-order valence-corrected chi connectivity index (χ4v) is 3.88. The Morgan fingerprint density at radius 1 is 1.29 bits per heavy atom. The van der Waals surface area contributed by atoms with Gasteiger partial charge in [0.15, 0.2) is 5.82 Å². The molecule has 2 heterocycles. The Bertz CT molecular complexity index is 782. The van der Waals surface area contributed by atoms with Crippen molar-refractivity contribution in [2.45, 2.75) is 26.3 Å². The van der Waals surface area contributed by atoms with Gasteiger partial charge in [-0.05, 0) is 44.6 Å². The Labute approximate surface area is 174 Å². The molecule has 0 amide bonds. The molecule has 1 aliphatic rings. The summed E-state index contributed by atoms with van der Waals surface area (Å²) in [5, 5.41) is 8.89. The van der Waals surface area contributed by atoms with E-state index in [4.69, 9.17) is 4.74 Å².